The number of fused-ring (bicyclic) bond motifs is 1. The average molecular weight is 434 g/mol. The summed E-state index contributed by atoms with van der Waals surface area (Å²) in [4.78, 5) is 51.6. The molecule has 7 heteroatoms. The molecule has 32 heavy (non-hydrogen) atoms. The van der Waals surface area contributed by atoms with Crippen LogP contribution in [0.2, 0.25) is 0 Å². The molecule has 0 unspecified atom stereocenters. The van der Waals surface area contributed by atoms with Gasteiger partial charge in [-0.1, -0.05) is 44.0 Å². The van der Waals surface area contributed by atoms with Gasteiger partial charge < -0.3 is 10.1 Å². The van der Waals surface area contributed by atoms with Gasteiger partial charge in [0.15, 0.2) is 6.61 Å². The maximum atomic E-state index is 12.8. The Bertz CT molecular complexity index is 1040. The van der Waals surface area contributed by atoms with Gasteiger partial charge >= 0.3 is 5.97 Å². The van der Waals surface area contributed by atoms with Crippen LogP contribution in [0.15, 0.2) is 48.5 Å². The van der Waals surface area contributed by atoms with Crippen LogP contribution in [0.5, 0.6) is 0 Å². The minimum atomic E-state index is -0.692. The fraction of sp³-hybridized carbons (Fsp3) is 0.360. The number of carbonyl (C=O) groups excluding carboxylic acids is 4. The number of nitrogens with one attached hydrogen (secondary N) is 1. The Labute approximate surface area is 186 Å². The topological polar surface area (TPSA) is 92.8 Å². The van der Waals surface area contributed by atoms with Crippen molar-refractivity contribution >= 4 is 35.1 Å². The van der Waals surface area contributed by atoms with Gasteiger partial charge in [-0.05, 0) is 49.1 Å². The van der Waals surface area contributed by atoms with E-state index in [1.165, 1.54) is 17.0 Å². The smallest absolute Gasteiger partial charge is 0.338 e. The minimum Gasteiger partial charge on any atom is -0.452 e. The first-order valence-corrected chi connectivity index (χ1v) is 11.0. The van der Waals surface area contributed by atoms with E-state index in [0.717, 1.165) is 37.7 Å². The first kappa shape index (κ1) is 21.7. The Hall–Kier alpha value is -3.48. The van der Waals surface area contributed by atoms with Crippen molar-refractivity contribution in [1.29, 1.82) is 0 Å². The van der Waals surface area contributed by atoms with E-state index >= 15 is 0 Å². The first-order chi connectivity index (χ1) is 15.5. The molecule has 0 bridgehead atoms. The summed E-state index contributed by atoms with van der Waals surface area (Å²) in [5.74, 6) is -2.05. The zero-order chi connectivity index (χ0) is 22.7. The molecule has 1 aliphatic carbocycles. The second-order valence-corrected chi connectivity index (χ2v) is 8.19. The third-order valence-electron chi connectivity index (χ3n) is 6.19. The van der Waals surface area contributed by atoms with E-state index in [0.29, 0.717) is 11.4 Å². The van der Waals surface area contributed by atoms with Crippen molar-refractivity contribution in [2.75, 3.05) is 16.8 Å². The Morgan fingerprint density at radius 3 is 2.38 bits per heavy atom. The summed E-state index contributed by atoms with van der Waals surface area (Å²) in [5.41, 5.74) is 2.22. The number of hydrogen-bond donors (Lipinski definition) is 1. The van der Waals surface area contributed by atoms with Crippen LogP contribution in [0.25, 0.3) is 0 Å². The van der Waals surface area contributed by atoms with Gasteiger partial charge in [0.1, 0.15) is 0 Å². The number of anilines is 2. The van der Waals surface area contributed by atoms with E-state index in [-0.39, 0.29) is 29.2 Å². The van der Waals surface area contributed by atoms with Crippen LogP contribution in [-0.2, 0) is 25.5 Å². The molecule has 2 atom stereocenters. The Morgan fingerprint density at radius 2 is 1.69 bits per heavy atom. The molecule has 1 aliphatic heterocycles. The van der Waals surface area contributed by atoms with Gasteiger partial charge in [0.2, 0.25) is 11.8 Å². The number of aryl methyl sites for hydroxylation is 1. The van der Waals surface area contributed by atoms with E-state index in [9.17, 15) is 19.2 Å². The number of rotatable bonds is 6. The lowest BCUT2D eigenvalue weighted by atomic mass is 9.81. The summed E-state index contributed by atoms with van der Waals surface area (Å²) >= 11 is 0. The van der Waals surface area contributed by atoms with Crippen molar-refractivity contribution in [3.05, 3.63) is 59.7 Å². The van der Waals surface area contributed by atoms with Gasteiger partial charge in [-0.25, -0.2) is 4.79 Å². The van der Waals surface area contributed by atoms with Gasteiger partial charge in [-0.2, -0.15) is 0 Å². The molecule has 1 saturated carbocycles. The highest BCUT2D eigenvalue weighted by molar-refractivity contribution is 6.22. The maximum absolute atomic E-state index is 12.8. The summed E-state index contributed by atoms with van der Waals surface area (Å²) in [6, 6.07) is 13.7. The predicted molar refractivity (Wildman–Crippen MR) is 119 cm³/mol. The lowest BCUT2D eigenvalue weighted by Crippen LogP contribution is -2.31. The summed E-state index contributed by atoms with van der Waals surface area (Å²) in [6.45, 7) is 1.55. The van der Waals surface area contributed by atoms with Gasteiger partial charge in [-0.15, -0.1) is 0 Å². The normalized spacial score (nSPS) is 20.1. The van der Waals surface area contributed by atoms with Gasteiger partial charge in [-0.3, -0.25) is 19.3 Å². The lowest BCUT2D eigenvalue weighted by Gasteiger charge is -2.19. The second-order valence-electron chi connectivity index (χ2n) is 8.19. The summed E-state index contributed by atoms with van der Waals surface area (Å²) in [5, 5.41) is 2.75. The molecule has 0 spiro atoms. The quantitative estimate of drug-likeness (QED) is 0.553. The van der Waals surface area contributed by atoms with Crippen LogP contribution in [0.1, 0.15) is 48.5 Å². The predicted octanol–water partition coefficient (Wildman–Crippen LogP) is 3.72. The number of para-hydroxylation sites is 1. The van der Waals surface area contributed by atoms with Crippen molar-refractivity contribution in [2.24, 2.45) is 11.8 Å². The number of benzene rings is 2. The number of imide groups is 1. The largest absolute Gasteiger partial charge is 0.452 e. The second kappa shape index (κ2) is 9.34. The molecule has 3 amide bonds. The van der Waals surface area contributed by atoms with Crippen LogP contribution in [0, 0.1) is 11.8 Å². The van der Waals surface area contributed by atoms with Gasteiger partial charge in [0, 0.05) is 5.69 Å². The number of carbonyl (C=O) groups is 4. The molecule has 0 radical (unpaired) electrons. The third-order valence-corrected chi connectivity index (χ3v) is 6.19. The van der Waals surface area contributed by atoms with Crippen molar-refractivity contribution in [2.45, 2.75) is 39.0 Å². The monoisotopic (exact) mass is 434 g/mol. The van der Waals surface area contributed by atoms with Crippen LogP contribution in [-0.4, -0.2) is 30.3 Å². The van der Waals surface area contributed by atoms with Crippen LogP contribution < -0.4 is 10.2 Å². The molecule has 7 nitrogen and oxygen atoms in total. The molecule has 1 heterocycles. The molecular weight excluding hydrogens is 408 g/mol. The van der Waals surface area contributed by atoms with Crippen molar-refractivity contribution in [3.8, 4) is 0 Å². The fourth-order valence-corrected chi connectivity index (χ4v) is 4.54. The molecule has 2 fully saturated rings. The van der Waals surface area contributed by atoms with Crippen LogP contribution in [0.4, 0.5) is 11.4 Å². The van der Waals surface area contributed by atoms with E-state index in [2.05, 4.69) is 5.32 Å². The van der Waals surface area contributed by atoms with Crippen molar-refractivity contribution in [3.63, 3.8) is 0 Å². The Morgan fingerprint density at radius 1 is 1.00 bits per heavy atom. The molecule has 2 aromatic carbocycles. The van der Waals surface area contributed by atoms with Crippen LogP contribution in [0.3, 0.4) is 0 Å². The molecule has 1 saturated heterocycles. The number of nitrogens with zero attached hydrogens (tertiary/aromatic N) is 1. The van der Waals surface area contributed by atoms with E-state index in [1.54, 1.807) is 18.2 Å². The first-order valence-electron chi connectivity index (χ1n) is 11.0. The summed E-state index contributed by atoms with van der Waals surface area (Å²) in [6.07, 6.45) is 4.11. The zero-order valence-corrected chi connectivity index (χ0v) is 18.0. The lowest BCUT2D eigenvalue weighted by molar-refractivity contribution is -0.122. The third kappa shape index (κ3) is 4.28. The van der Waals surface area contributed by atoms with Gasteiger partial charge in [0.25, 0.3) is 5.91 Å². The maximum Gasteiger partial charge on any atom is 0.338 e. The number of ether oxygens (including phenoxy) is 1. The summed E-state index contributed by atoms with van der Waals surface area (Å²) < 4.78 is 5.16. The van der Waals surface area contributed by atoms with Gasteiger partial charge in [0.05, 0.1) is 23.1 Å². The molecule has 2 aromatic rings. The highest BCUT2D eigenvalue weighted by Crippen LogP contribution is 2.40. The molecule has 0 aromatic heterocycles. The summed E-state index contributed by atoms with van der Waals surface area (Å²) in [7, 11) is 0. The number of esters is 1. The molecular formula is C25H26N2O5. The highest BCUT2D eigenvalue weighted by Gasteiger charge is 2.48. The van der Waals surface area contributed by atoms with E-state index in [4.69, 9.17) is 4.74 Å². The SMILES string of the molecule is CCc1ccccc1NC(=O)COC(=O)c1cccc(N2C(=O)[C@H]3CCCC[C@H]3C2=O)c1. The molecule has 4 rings (SSSR count). The Kier molecular flexibility index (Phi) is 6.35. The highest BCUT2D eigenvalue weighted by atomic mass is 16.5. The van der Waals surface area contributed by atoms with Crippen molar-refractivity contribution in [1.82, 2.24) is 0 Å². The zero-order valence-electron chi connectivity index (χ0n) is 18.0. The standard InChI is InChI=1S/C25H26N2O5/c1-2-16-8-3-6-13-21(16)26-22(28)15-32-25(31)17-9-7-10-18(14-17)27-23(29)19-11-4-5-12-20(19)24(27)30/h3,6-10,13-14,19-20H,2,4-5,11-12,15H2,1H3,(H,26,28)/t19-,20+. The molecule has 166 valence electrons. The minimum absolute atomic E-state index is 0.180. The Balaban J connectivity index is 1.41. The fourth-order valence-electron chi connectivity index (χ4n) is 4.54. The average Bonchev–Trinajstić information content (AvgIpc) is 3.08. The number of amides is 3. The number of hydrogen-bond acceptors (Lipinski definition) is 5. The van der Waals surface area contributed by atoms with Crippen LogP contribution >= 0.6 is 0 Å². The molecule has 2 aliphatic rings. The molecule has 1 N–H and O–H groups in total. The van der Waals surface area contributed by atoms with Crippen molar-refractivity contribution < 1.29 is 23.9 Å². The van der Waals surface area contributed by atoms with E-state index in [1.807, 2.05) is 25.1 Å². The van der Waals surface area contributed by atoms with E-state index < -0.39 is 18.5 Å².